The third kappa shape index (κ3) is 3.05. The van der Waals surface area contributed by atoms with Gasteiger partial charge in [-0.25, -0.2) is 0 Å². The molecule has 0 saturated carbocycles. The van der Waals surface area contributed by atoms with E-state index in [1.54, 1.807) is 17.5 Å². The number of thiophene rings is 1. The Balaban J connectivity index is 2.04. The lowest BCUT2D eigenvalue weighted by atomic mass is 10.2. The minimum Gasteiger partial charge on any atom is -0.399 e. The fourth-order valence-electron chi connectivity index (χ4n) is 1.72. The third-order valence-electron chi connectivity index (χ3n) is 2.87. The molecule has 3 nitrogen and oxygen atoms in total. The van der Waals surface area contributed by atoms with E-state index in [1.807, 2.05) is 12.1 Å². The lowest BCUT2D eigenvalue weighted by molar-refractivity contribution is 0.253. The van der Waals surface area contributed by atoms with Crippen LogP contribution in [0.25, 0.3) is 0 Å². The van der Waals surface area contributed by atoms with Gasteiger partial charge >= 0.3 is 0 Å². The van der Waals surface area contributed by atoms with E-state index in [0.717, 1.165) is 17.9 Å². The van der Waals surface area contributed by atoms with E-state index in [4.69, 9.17) is 5.73 Å². The second kappa shape index (κ2) is 5.29. The van der Waals surface area contributed by atoms with E-state index in [2.05, 4.69) is 41.4 Å². The van der Waals surface area contributed by atoms with Crippen molar-refractivity contribution < 1.29 is 0 Å². The average molecular weight is 247 g/mol. The van der Waals surface area contributed by atoms with Gasteiger partial charge in [-0.2, -0.15) is 0 Å². The third-order valence-corrected chi connectivity index (χ3v) is 3.91. The van der Waals surface area contributed by atoms with E-state index in [-0.39, 0.29) is 0 Å². The van der Waals surface area contributed by atoms with Gasteiger partial charge < -0.3 is 5.73 Å². The fraction of sp³-hybridized carbons (Fsp3) is 0.308. The molecular weight excluding hydrogens is 230 g/mol. The first kappa shape index (κ1) is 12.1. The lowest BCUT2D eigenvalue weighted by Crippen LogP contribution is -2.21. The first-order chi connectivity index (χ1) is 8.16. The van der Waals surface area contributed by atoms with Crippen LogP contribution in [0.15, 0.2) is 35.8 Å². The summed E-state index contributed by atoms with van der Waals surface area (Å²) in [5.74, 6) is 0. The van der Waals surface area contributed by atoms with Gasteiger partial charge in [-0.1, -0.05) is 6.07 Å². The second-order valence-corrected chi connectivity index (χ2v) is 5.17. The molecule has 4 heteroatoms. The quantitative estimate of drug-likeness (QED) is 0.903. The normalized spacial score (nSPS) is 12.9. The molecule has 2 rings (SSSR count). The standard InChI is InChI=1S/C13H17N3S/c1-10(13-4-3-7-17-13)16(2)9-12-8-11(14)5-6-15-12/h3-8,10H,9H2,1-2H3,(H2,14,15). The zero-order valence-corrected chi connectivity index (χ0v) is 10.9. The molecule has 0 aromatic carbocycles. The summed E-state index contributed by atoms with van der Waals surface area (Å²) < 4.78 is 0. The van der Waals surface area contributed by atoms with Crippen molar-refractivity contribution in [2.24, 2.45) is 0 Å². The molecule has 0 saturated heterocycles. The van der Waals surface area contributed by atoms with E-state index in [0.29, 0.717) is 6.04 Å². The molecule has 0 aliphatic carbocycles. The zero-order valence-electron chi connectivity index (χ0n) is 10.1. The number of rotatable bonds is 4. The molecule has 0 aliphatic heterocycles. The van der Waals surface area contributed by atoms with Crippen LogP contribution in [-0.4, -0.2) is 16.9 Å². The molecule has 1 atom stereocenters. The molecule has 0 amide bonds. The summed E-state index contributed by atoms with van der Waals surface area (Å²) in [5.41, 5.74) is 7.53. The van der Waals surface area contributed by atoms with Crippen molar-refractivity contribution in [2.75, 3.05) is 12.8 Å². The Bertz CT molecular complexity index is 467. The number of aromatic nitrogens is 1. The highest BCUT2D eigenvalue weighted by atomic mass is 32.1. The highest BCUT2D eigenvalue weighted by Crippen LogP contribution is 2.24. The molecule has 0 spiro atoms. The maximum absolute atomic E-state index is 5.75. The molecule has 0 radical (unpaired) electrons. The van der Waals surface area contributed by atoms with Crippen molar-refractivity contribution in [3.63, 3.8) is 0 Å². The van der Waals surface area contributed by atoms with Crippen LogP contribution in [0.2, 0.25) is 0 Å². The Labute approximate surface area is 106 Å². The molecular formula is C13H17N3S. The van der Waals surface area contributed by atoms with Gasteiger partial charge in [0.25, 0.3) is 0 Å². The van der Waals surface area contributed by atoms with Gasteiger partial charge in [-0.3, -0.25) is 9.88 Å². The minimum atomic E-state index is 0.401. The van der Waals surface area contributed by atoms with E-state index < -0.39 is 0 Å². The highest BCUT2D eigenvalue weighted by Gasteiger charge is 2.13. The van der Waals surface area contributed by atoms with Crippen LogP contribution in [0.1, 0.15) is 23.5 Å². The largest absolute Gasteiger partial charge is 0.399 e. The smallest absolute Gasteiger partial charge is 0.0564 e. The Hall–Kier alpha value is -1.39. The minimum absolute atomic E-state index is 0.401. The Morgan fingerprint density at radius 3 is 2.94 bits per heavy atom. The van der Waals surface area contributed by atoms with Crippen molar-refractivity contribution in [2.45, 2.75) is 19.5 Å². The van der Waals surface area contributed by atoms with Gasteiger partial charge in [0.15, 0.2) is 0 Å². The molecule has 0 bridgehead atoms. The van der Waals surface area contributed by atoms with Crippen molar-refractivity contribution >= 4 is 17.0 Å². The molecule has 90 valence electrons. The van der Waals surface area contributed by atoms with Crippen molar-refractivity contribution in [1.29, 1.82) is 0 Å². The molecule has 0 fully saturated rings. The Kier molecular flexibility index (Phi) is 3.76. The van der Waals surface area contributed by atoms with Crippen LogP contribution in [0.3, 0.4) is 0 Å². The van der Waals surface area contributed by atoms with Gasteiger partial charge in [0.2, 0.25) is 0 Å². The summed E-state index contributed by atoms with van der Waals surface area (Å²) >= 11 is 1.79. The van der Waals surface area contributed by atoms with Crippen LogP contribution in [0.5, 0.6) is 0 Å². The summed E-state index contributed by atoms with van der Waals surface area (Å²) in [6.07, 6.45) is 1.76. The predicted octanol–water partition coefficient (Wildman–Crippen LogP) is 2.92. The van der Waals surface area contributed by atoms with Crippen LogP contribution < -0.4 is 5.73 Å². The van der Waals surface area contributed by atoms with Gasteiger partial charge in [-0.15, -0.1) is 11.3 Å². The number of nitrogen functional groups attached to an aromatic ring is 1. The van der Waals surface area contributed by atoms with Crippen LogP contribution in [0.4, 0.5) is 5.69 Å². The number of nitrogens with zero attached hydrogens (tertiary/aromatic N) is 2. The second-order valence-electron chi connectivity index (χ2n) is 4.19. The molecule has 2 heterocycles. The fourth-order valence-corrected chi connectivity index (χ4v) is 2.57. The van der Waals surface area contributed by atoms with E-state index >= 15 is 0 Å². The van der Waals surface area contributed by atoms with Crippen LogP contribution in [-0.2, 0) is 6.54 Å². The SMILES string of the molecule is CC(c1cccs1)N(C)Cc1cc(N)ccn1. The lowest BCUT2D eigenvalue weighted by Gasteiger charge is -2.23. The van der Waals surface area contributed by atoms with Gasteiger partial charge in [-0.05, 0) is 37.6 Å². The maximum Gasteiger partial charge on any atom is 0.0564 e. The van der Waals surface area contributed by atoms with Gasteiger partial charge in [0.1, 0.15) is 0 Å². The summed E-state index contributed by atoms with van der Waals surface area (Å²) in [7, 11) is 2.11. The number of pyridine rings is 1. The number of anilines is 1. The van der Waals surface area contributed by atoms with Crippen molar-refractivity contribution in [3.8, 4) is 0 Å². The van der Waals surface area contributed by atoms with Crippen molar-refractivity contribution in [1.82, 2.24) is 9.88 Å². The summed E-state index contributed by atoms with van der Waals surface area (Å²) in [5, 5.41) is 2.11. The van der Waals surface area contributed by atoms with Gasteiger partial charge in [0.05, 0.1) is 5.69 Å². The highest BCUT2D eigenvalue weighted by molar-refractivity contribution is 7.10. The van der Waals surface area contributed by atoms with E-state index in [9.17, 15) is 0 Å². The number of hydrogen-bond donors (Lipinski definition) is 1. The van der Waals surface area contributed by atoms with Crippen molar-refractivity contribution in [3.05, 3.63) is 46.4 Å². The van der Waals surface area contributed by atoms with Crippen LogP contribution in [0, 0.1) is 0 Å². The average Bonchev–Trinajstić information content (AvgIpc) is 2.81. The summed E-state index contributed by atoms with van der Waals surface area (Å²) in [4.78, 5) is 7.97. The molecule has 2 aromatic rings. The first-order valence-corrected chi connectivity index (χ1v) is 6.49. The summed E-state index contributed by atoms with van der Waals surface area (Å²) in [6.45, 7) is 3.02. The van der Waals surface area contributed by atoms with Crippen LogP contribution >= 0.6 is 11.3 Å². The number of hydrogen-bond acceptors (Lipinski definition) is 4. The molecule has 0 aliphatic rings. The molecule has 2 aromatic heterocycles. The Morgan fingerprint density at radius 2 is 2.29 bits per heavy atom. The monoisotopic (exact) mass is 247 g/mol. The maximum atomic E-state index is 5.75. The number of nitrogens with two attached hydrogens (primary N) is 1. The zero-order chi connectivity index (χ0) is 12.3. The first-order valence-electron chi connectivity index (χ1n) is 5.61. The molecule has 1 unspecified atom stereocenters. The predicted molar refractivity (Wildman–Crippen MR) is 72.9 cm³/mol. The summed E-state index contributed by atoms with van der Waals surface area (Å²) in [6, 6.07) is 8.39. The van der Waals surface area contributed by atoms with Gasteiger partial charge in [0, 0.05) is 29.3 Å². The van der Waals surface area contributed by atoms with E-state index in [1.165, 1.54) is 4.88 Å². The topological polar surface area (TPSA) is 42.1 Å². The Morgan fingerprint density at radius 1 is 1.47 bits per heavy atom. The molecule has 2 N–H and O–H groups in total. The molecule has 17 heavy (non-hydrogen) atoms.